The fourth-order valence-corrected chi connectivity index (χ4v) is 3.28. The predicted octanol–water partition coefficient (Wildman–Crippen LogP) is 4.08. The zero-order chi connectivity index (χ0) is 11.6. The first-order chi connectivity index (χ1) is 7.88. The molecule has 1 aliphatic rings. The molecule has 1 aliphatic carbocycles. The van der Waals surface area contributed by atoms with Crippen molar-refractivity contribution in [3.8, 4) is 0 Å². The SMILES string of the molecule is CCCNC(CCSC)C1CCCCCC1. The van der Waals surface area contributed by atoms with Crippen LogP contribution in [-0.4, -0.2) is 24.6 Å². The van der Waals surface area contributed by atoms with Crippen molar-refractivity contribution in [3.63, 3.8) is 0 Å². The highest BCUT2D eigenvalue weighted by Gasteiger charge is 2.21. The van der Waals surface area contributed by atoms with Crippen molar-refractivity contribution in [1.82, 2.24) is 5.32 Å². The van der Waals surface area contributed by atoms with E-state index in [9.17, 15) is 0 Å². The van der Waals surface area contributed by atoms with E-state index >= 15 is 0 Å². The van der Waals surface area contributed by atoms with E-state index in [-0.39, 0.29) is 0 Å². The number of nitrogens with one attached hydrogen (secondary N) is 1. The first-order valence-electron chi connectivity index (χ1n) is 7.10. The van der Waals surface area contributed by atoms with Gasteiger partial charge in [0.05, 0.1) is 0 Å². The minimum Gasteiger partial charge on any atom is -0.314 e. The summed E-state index contributed by atoms with van der Waals surface area (Å²) in [6, 6.07) is 0.797. The van der Waals surface area contributed by atoms with E-state index in [1.165, 1.54) is 63.7 Å². The van der Waals surface area contributed by atoms with E-state index in [1.807, 2.05) is 11.8 Å². The van der Waals surface area contributed by atoms with E-state index in [1.54, 1.807) is 0 Å². The lowest BCUT2D eigenvalue weighted by Gasteiger charge is -2.27. The predicted molar refractivity (Wildman–Crippen MR) is 76.3 cm³/mol. The maximum absolute atomic E-state index is 3.79. The molecule has 0 aliphatic heterocycles. The van der Waals surface area contributed by atoms with E-state index in [0.717, 1.165) is 12.0 Å². The maximum atomic E-state index is 3.79. The third-order valence-corrected chi connectivity index (χ3v) is 4.40. The van der Waals surface area contributed by atoms with Gasteiger partial charge in [0.25, 0.3) is 0 Å². The largest absolute Gasteiger partial charge is 0.314 e. The van der Waals surface area contributed by atoms with Crippen molar-refractivity contribution >= 4 is 11.8 Å². The number of rotatable bonds is 7. The van der Waals surface area contributed by atoms with Crippen molar-refractivity contribution in [2.45, 2.75) is 64.3 Å². The molecular weight excluding hydrogens is 214 g/mol. The molecule has 0 radical (unpaired) electrons. The summed E-state index contributed by atoms with van der Waals surface area (Å²) in [5.74, 6) is 2.28. The molecule has 1 unspecified atom stereocenters. The van der Waals surface area contributed by atoms with Gasteiger partial charge < -0.3 is 5.32 Å². The summed E-state index contributed by atoms with van der Waals surface area (Å²) in [6.07, 6.45) is 13.7. The minimum absolute atomic E-state index is 0.797. The molecule has 2 heteroatoms. The molecular formula is C14H29NS. The molecule has 0 amide bonds. The zero-order valence-corrected chi connectivity index (χ0v) is 12.0. The number of hydrogen-bond acceptors (Lipinski definition) is 2. The molecule has 0 saturated heterocycles. The number of hydrogen-bond donors (Lipinski definition) is 1. The van der Waals surface area contributed by atoms with Crippen LogP contribution in [0.2, 0.25) is 0 Å². The highest BCUT2D eigenvalue weighted by Crippen LogP contribution is 2.27. The minimum atomic E-state index is 0.797. The van der Waals surface area contributed by atoms with Crippen LogP contribution >= 0.6 is 11.8 Å². The molecule has 0 heterocycles. The van der Waals surface area contributed by atoms with Crippen LogP contribution in [-0.2, 0) is 0 Å². The second-order valence-corrected chi connectivity index (χ2v) is 6.08. The summed E-state index contributed by atoms with van der Waals surface area (Å²) >= 11 is 1.99. The van der Waals surface area contributed by atoms with Gasteiger partial charge in [0.15, 0.2) is 0 Å². The van der Waals surface area contributed by atoms with Crippen LogP contribution in [0.15, 0.2) is 0 Å². The molecule has 1 atom stereocenters. The fraction of sp³-hybridized carbons (Fsp3) is 1.00. The quantitative estimate of drug-likeness (QED) is 0.676. The van der Waals surface area contributed by atoms with Crippen LogP contribution in [0.4, 0.5) is 0 Å². The Morgan fingerprint density at radius 1 is 1.19 bits per heavy atom. The van der Waals surface area contributed by atoms with Gasteiger partial charge in [-0.15, -0.1) is 0 Å². The van der Waals surface area contributed by atoms with Crippen LogP contribution < -0.4 is 5.32 Å². The van der Waals surface area contributed by atoms with Crippen LogP contribution in [0.5, 0.6) is 0 Å². The summed E-state index contributed by atoms with van der Waals surface area (Å²) in [4.78, 5) is 0. The van der Waals surface area contributed by atoms with Crippen molar-refractivity contribution in [1.29, 1.82) is 0 Å². The molecule has 16 heavy (non-hydrogen) atoms. The van der Waals surface area contributed by atoms with E-state index < -0.39 is 0 Å². The highest BCUT2D eigenvalue weighted by molar-refractivity contribution is 7.98. The molecule has 0 bridgehead atoms. The van der Waals surface area contributed by atoms with Gasteiger partial charge in [0.2, 0.25) is 0 Å². The van der Waals surface area contributed by atoms with Crippen molar-refractivity contribution in [2.24, 2.45) is 5.92 Å². The van der Waals surface area contributed by atoms with Crippen LogP contribution in [0.3, 0.4) is 0 Å². The molecule has 0 aromatic carbocycles. The summed E-state index contributed by atoms with van der Waals surface area (Å²) in [5.41, 5.74) is 0. The Kier molecular flexibility index (Phi) is 8.40. The lowest BCUT2D eigenvalue weighted by atomic mass is 9.90. The summed E-state index contributed by atoms with van der Waals surface area (Å²) in [6.45, 7) is 3.47. The van der Waals surface area contributed by atoms with Gasteiger partial charge in [0, 0.05) is 6.04 Å². The van der Waals surface area contributed by atoms with Crippen LogP contribution in [0, 0.1) is 5.92 Å². The van der Waals surface area contributed by atoms with Gasteiger partial charge in [-0.2, -0.15) is 11.8 Å². The Hall–Kier alpha value is 0.310. The molecule has 0 aromatic heterocycles. The van der Waals surface area contributed by atoms with Crippen molar-refractivity contribution in [3.05, 3.63) is 0 Å². The molecule has 0 aromatic rings. The molecule has 96 valence electrons. The second kappa shape index (κ2) is 9.35. The lowest BCUT2D eigenvalue weighted by Crippen LogP contribution is -2.37. The van der Waals surface area contributed by atoms with E-state index in [2.05, 4.69) is 18.5 Å². The Labute approximate surface area is 106 Å². The Bertz CT molecular complexity index is 145. The third kappa shape index (κ3) is 5.58. The van der Waals surface area contributed by atoms with Gasteiger partial charge in [-0.3, -0.25) is 0 Å². The maximum Gasteiger partial charge on any atom is 0.0103 e. The van der Waals surface area contributed by atoms with E-state index in [4.69, 9.17) is 0 Å². The van der Waals surface area contributed by atoms with Gasteiger partial charge in [0.1, 0.15) is 0 Å². The van der Waals surface area contributed by atoms with Crippen LogP contribution in [0.1, 0.15) is 58.3 Å². The molecule has 1 saturated carbocycles. The topological polar surface area (TPSA) is 12.0 Å². The summed E-state index contributed by atoms with van der Waals surface area (Å²) < 4.78 is 0. The Morgan fingerprint density at radius 3 is 2.44 bits per heavy atom. The second-order valence-electron chi connectivity index (χ2n) is 5.09. The average molecular weight is 243 g/mol. The monoisotopic (exact) mass is 243 g/mol. The molecule has 1 rings (SSSR count). The Morgan fingerprint density at radius 2 is 1.88 bits per heavy atom. The highest BCUT2D eigenvalue weighted by atomic mass is 32.2. The Balaban J connectivity index is 2.37. The normalized spacial score (nSPS) is 20.6. The number of thioether (sulfide) groups is 1. The summed E-state index contributed by atoms with van der Waals surface area (Å²) in [5, 5.41) is 3.79. The first-order valence-corrected chi connectivity index (χ1v) is 8.50. The van der Waals surface area contributed by atoms with Crippen molar-refractivity contribution in [2.75, 3.05) is 18.6 Å². The zero-order valence-electron chi connectivity index (χ0n) is 11.1. The molecule has 1 fully saturated rings. The van der Waals surface area contributed by atoms with Crippen molar-refractivity contribution < 1.29 is 0 Å². The molecule has 1 nitrogen and oxygen atoms in total. The van der Waals surface area contributed by atoms with Gasteiger partial charge in [-0.05, 0) is 50.2 Å². The lowest BCUT2D eigenvalue weighted by molar-refractivity contribution is 0.314. The molecule has 0 spiro atoms. The van der Waals surface area contributed by atoms with Gasteiger partial charge >= 0.3 is 0 Å². The molecule has 1 N–H and O–H groups in total. The smallest absolute Gasteiger partial charge is 0.0103 e. The summed E-state index contributed by atoms with van der Waals surface area (Å²) in [7, 11) is 0. The third-order valence-electron chi connectivity index (χ3n) is 3.76. The van der Waals surface area contributed by atoms with Crippen LogP contribution in [0.25, 0.3) is 0 Å². The first kappa shape index (κ1) is 14.4. The average Bonchev–Trinajstić information content (AvgIpc) is 2.58. The van der Waals surface area contributed by atoms with Gasteiger partial charge in [-0.1, -0.05) is 32.6 Å². The van der Waals surface area contributed by atoms with E-state index in [0.29, 0.717) is 0 Å². The van der Waals surface area contributed by atoms with Gasteiger partial charge in [-0.25, -0.2) is 0 Å². The standard InChI is InChI=1S/C14H29NS/c1-3-11-15-14(10-12-16-2)13-8-6-4-5-7-9-13/h13-15H,3-12H2,1-2H3. The fourth-order valence-electron chi connectivity index (χ4n) is 2.79.